The van der Waals surface area contributed by atoms with E-state index in [2.05, 4.69) is 19.1 Å². The number of aryl methyl sites for hydroxylation is 1. The van der Waals surface area contributed by atoms with Gasteiger partial charge in [0.1, 0.15) is 12.0 Å². The van der Waals surface area contributed by atoms with Gasteiger partial charge in [-0.2, -0.15) is 0 Å². The van der Waals surface area contributed by atoms with Crippen molar-refractivity contribution in [2.45, 2.75) is 32.6 Å². The second-order valence-corrected chi connectivity index (χ2v) is 4.25. The Morgan fingerprint density at radius 1 is 1.31 bits per heavy atom. The molecule has 16 heavy (non-hydrogen) atoms. The highest BCUT2D eigenvalue weighted by Gasteiger charge is 2.01. The molecule has 0 saturated carbocycles. The summed E-state index contributed by atoms with van der Waals surface area (Å²) in [6, 6.07) is 8.18. The second kappa shape index (κ2) is 7.04. The Morgan fingerprint density at radius 2 is 2.00 bits per heavy atom. The lowest BCUT2D eigenvalue weighted by Crippen LogP contribution is -1.96. The van der Waals surface area contributed by atoms with Crippen molar-refractivity contribution in [3.8, 4) is 5.75 Å². The summed E-state index contributed by atoms with van der Waals surface area (Å²) in [6.45, 7) is 2.13. The Hall–Kier alpha value is -1.31. The maximum absolute atomic E-state index is 10.3. The van der Waals surface area contributed by atoms with E-state index in [-0.39, 0.29) is 0 Å². The van der Waals surface area contributed by atoms with Crippen LogP contribution in [0.4, 0.5) is 0 Å². The minimum Gasteiger partial charge on any atom is -0.497 e. The van der Waals surface area contributed by atoms with Crippen molar-refractivity contribution in [3.63, 3.8) is 0 Å². The van der Waals surface area contributed by atoms with E-state index in [0.717, 1.165) is 31.3 Å². The number of carbonyl (C=O) groups is 1. The van der Waals surface area contributed by atoms with E-state index in [1.54, 1.807) is 7.11 Å². The van der Waals surface area contributed by atoms with Crippen LogP contribution in [0.15, 0.2) is 24.3 Å². The molecule has 0 radical (unpaired) electrons. The summed E-state index contributed by atoms with van der Waals surface area (Å²) in [7, 11) is 1.68. The summed E-state index contributed by atoms with van der Waals surface area (Å²) in [4.78, 5) is 10.3. The molecule has 0 spiro atoms. The van der Waals surface area contributed by atoms with Gasteiger partial charge in [-0.25, -0.2) is 0 Å². The third kappa shape index (κ3) is 4.47. The number of benzene rings is 1. The lowest BCUT2D eigenvalue weighted by atomic mass is 9.99. The van der Waals surface area contributed by atoms with Gasteiger partial charge in [-0.15, -0.1) is 0 Å². The van der Waals surface area contributed by atoms with Gasteiger partial charge >= 0.3 is 0 Å². The Labute approximate surface area is 97.6 Å². The lowest BCUT2D eigenvalue weighted by molar-refractivity contribution is -0.108. The third-order valence-corrected chi connectivity index (χ3v) is 2.82. The Morgan fingerprint density at radius 3 is 2.56 bits per heavy atom. The summed E-state index contributed by atoms with van der Waals surface area (Å²) >= 11 is 0. The Kier molecular flexibility index (Phi) is 5.62. The summed E-state index contributed by atoms with van der Waals surface area (Å²) < 4.78 is 5.10. The first-order valence-electron chi connectivity index (χ1n) is 5.83. The summed E-state index contributed by atoms with van der Waals surface area (Å²) in [6.07, 6.45) is 5.03. The molecule has 0 aliphatic rings. The number of ether oxygens (including phenoxy) is 1. The van der Waals surface area contributed by atoms with Crippen LogP contribution < -0.4 is 4.74 Å². The van der Waals surface area contributed by atoms with Crippen molar-refractivity contribution in [1.29, 1.82) is 0 Å². The van der Waals surface area contributed by atoms with Crippen LogP contribution in [-0.2, 0) is 11.2 Å². The van der Waals surface area contributed by atoms with Gasteiger partial charge in [0.2, 0.25) is 0 Å². The van der Waals surface area contributed by atoms with E-state index < -0.39 is 0 Å². The summed E-state index contributed by atoms with van der Waals surface area (Å²) in [5, 5.41) is 0. The van der Waals surface area contributed by atoms with E-state index in [0.29, 0.717) is 12.3 Å². The quantitative estimate of drug-likeness (QED) is 0.659. The summed E-state index contributed by atoms with van der Waals surface area (Å²) in [5.41, 5.74) is 1.33. The number of hydrogen-bond donors (Lipinski definition) is 0. The Balaban J connectivity index is 2.28. The van der Waals surface area contributed by atoms with Crippen LogP contribution in [-0.4, -0.2) is 13.4 Å². The Bertz CT molecular complexity index is 303. The molecule has 0 aromatic heterocycles. The molecule has 0 saturated heterocycles. The molecule has 2 nitrogen and oxygen atoms in total. The van der Waals surface area contributed by atoms with Gasteiger partial charge in [-0.05, 0) is 42.9 Å². The van der Waals surface area contributed by atoms with Crippen LogP contribution in [0, 0.1) is 5.92 Å². The van der Waals surface area contributed by atoms with Crippen LogP contribution in [0.1, 0.15) is 31.7 Å². The maximum Gasteiger partial charge on any atom is 0.120 e. The van der Waals surface area contributed by atoms with Gasteiger partial charge in [0.25, 0.3) is 0 Å². The molecule has 1 aromatic rings. The molecule has 2 heteroatoms. The molecule has 0 fully saturated rings. The van der Waals surface area contributed by atoms with E-state index in [4.69, 9.17) is 4.74 Å². The van der Waals surface area contributed by atoms with Crippen molar-refractivity contribution in [2.75, 3.05) is 7.11 Å². The lowest BCUT2D eigenvalue weighted by Gasteiger charge is -2.07. The molecule has 1 aromatic carbocycles. The van der Waals surface area contributed by atoms with E-state index in [9.17, 15) is 4.79 Å². The van der Waals surface area contributed by atoms with Crippen LogP contribution in [0.5, 0.6) is 5.75 Å². The van der Waals surface area contributed by atoms with Gasteiger partial charge in [0.15, 0.2) is 0 Å². The van der Waals surface area contributed by atoms with Gasteiger partial charge < -0.3 is 9.53 Å². The van der Waals surface area contributed by atoms with Crippen LogP contribution in [0.25, 0.3) is 0 Å². The topological polar surface area (TPSA) is 26.3 Å². The molecule has 0 aliphatic carbocycles. The molecule has 0 amide bonds. The minimum atomic E-state index is 0.510. The molecule has 0 aliphatic heterocycles. The average Bonchev–Trinajstić information content (AvgIpc) is 2.30. The van der Waals surface area contributed by atoms with Gasteiger partial charge in [-0.1, -0.05) is 19.1 Å². The molecule has 1 atom stereocenters. The van der Waals surface area contributed by atoms with Gasteiger partial charge in [0.05, 0.1) is 7.11 Å². The van der Waals surface area contributed by atoms with Crippen LogP contribution >= 0.6 is 0 Å². The highest BCUT2D eigenvalue weighted by molar-refractivity contribution is 5.49. The smallest absolute Gasteiger partial charge is 0.120 e. The van der Waals surface area contributed by atoms with Crippen molar-refractivity contribution in [2.24, 2.45) is 5.92 Å². The fraction of sp³-hybridized carbons (Fsp3) is 0.500. The first kappa shape index (κ1) is 12.8. The van der Waals surface area contributed by atoms with Crippen LogP contribution in [0.2, 0.25) is 0 Å². The van der Waals surface area contributed by atoms with Crippen molar-refractivity contribution < 1.29 is 9.53 Å². The minimum absolute atomic E-state index is 0.510. The first-order valence-corrected chi connectivity index (χ1v) is 5.83. The molecule has 0 unspecified atom stereocenters. The fourth-order valence-corrected chi connectivity index (χ4v) is 1.73. The standard InChI is InChI=1S/C14H20O2/c1-12(10-11-15)4-3-5-13-6-8-14(16-2)9-7-13/h6-9,11-12H,3-5,10H2,1-2H3/t12-/m1/s1. The van der Waals surface area contributed by atoms with E-state index in [1.807, 2.05) is 12.1 Å². The number of methoxy groups -OCH3 is 1. The summed E-state index contributed by atoms with van der Waals surface area (Å²) in [5.74, 6) is 1.41. The number of carbonyl (C=O) groups excluding carboxylic acids is 1. The normalized spacial score (nSPS) is 12.1. The zero-order chi connectivity index (χ0) is 11.8. The highest BCUT2D eigenvalue weighted by atomic mass is 16.5. The van der Waals surface area contributed by atoms with Gasteiger partial charge in [0, 0.05) is 6.42 Å². The van der Waals surface area contributed by atoms with E-state index in [1.165, 1.54) is 5.56 Å². The highest BCUT2D eigenvalue weighted by Crippen LogP contribution is 2.15. The fourth-order valence-electron chi connectivity index (χ4n) is 1.73. The third-order valence-electron chi connectivity index (χ3n) is 2.82. The maximum atomic E-state index is 10.3. The molecular formula is C14H20O2. The molecule has 0 bridgehead atoms. The predicted molar refractivity (Wildman–Crippen MR) is 65.8 cm³/mol. The monoisotopic (exact) mass is 220 g/mol. The zero-order valence-corrected chi connectivity index (χ0v) is 10.1. The molecular weight excluding hydrogens is 200 g/mol. The predicted octanol–water partition coefficient (Wildman–Crippen LogP) is 3.24. The second-order valence-electron chi connectivity index (χ2n) is 4.25. The van der Waals surface area contributed by atoms with Crippen molar-refractivity contribution in [1.82, 2.24) is 0 Å². The van der Waals surface area contributed by atoms with Crippen LogP contribution in [0.3, 0.4) is 0 Å². The molecule has 0 N–H and O–H groups in total. The van der Waals surface area contributed by atoms with E-state index >= 15 is 0 Å². The average molecular weight is 220 g/mol. The molecule has 88 valence electrons. The zero-order valence-electron chi connectivity index (χ0n) is 10.1. The SMILES string of the molecule is COc1ccc(CCC[C@@H](C)CC=O)cc1. The molecule has 1 rings (SSSR count). The molecule has 0 heterocycles. The largest absolute Gasteiger partial charge is 0.497 e. The number of aldehydes is 1. The first-order chi connectivity index (χ1) is 7.76. The number of rotatable bonds is 7. The van der Waals surface area contributed by atoms with Gasteiger partial charge in [-0.3, -0.25) is 0 Å². The number of hydrogen-bond acceptors (Lipinski definition) is 2. The van der Waals surface area contributed by atoms with Crippen molar-refractivity contribution in [3.05, 3.63) is 29.8 Å². The van der Waals surface area contributed by atoms with Crippen molar-refractivity contribution >= 4 is 6.29 Å².